The van der Waals surface area contributed by atoms with Crippen LogP contribution in [-0.4, -0.2) is 39.4 Å². The highest BCUT2D eigenvalue weighted by atomic mass is 79.9. The molecule has 2 aliphatic rings. The fourth-order valence-electron chi connectivity index (χ4n) is 2.29. The molecule has 1 aliphatic carbocycles. The standard InChI is InChI=1S/C9H14BrNO2/c10-6-4-9(13)11(5-6)7-2-1-3-8(7)12/h6-8,12H,1-5H2. The molecule has 0 aromatic heterocycles. The molecule has 3 atom stereocenters. The van der Waals surface area contributed by atoms with Crippen LogP contribution in [0.1, 0.15) is 25.7 Å². The number of carbonyl (C=O) groups excluding carboxylic acids is 1. The predicted octanol–water partition coefficient (Wildman–Crippen LogP) is 0.896. The zero-order valence-corrected chi connectivity index (χ0v) is 9.03. The molecule has 0 bridgehead atoms. The fraction of sp³-hybridized carbons (Fsp3) is 0.889. The van der Waals surface area contributed by atoms with E-state index in [2.05, 4.69) is 15.9 Å². The number of halogens is 1. The molecule has 1 amide bonds. The molecule has 0 aromatic carbocycles. The van der Waals surface area contributed by atoms with Crippen LogP contribution in [0.4, 0.5) is 0 Å². The van der Waals surface area contributed by atoms with Gasteiger partial charge in [-0.1, -0.05) is 15.9 Å². The molecular weight excluding hydrogens is 234 g/mol. The van der Waals surface area contributed by atoms with Crippen LogP contribution in [0.15, 0.2) is 0 Å². The molecule has 13 heavy (non-hydrogen) atoms. The smallest absolute Gasteiger partial charge is 0.224 e. The Balaban J connectivity index is 2.04. The van der Waals surface area contributed by atoms with E-state index >= 15 is 0 Å². The van der Waals surface area contributed by atoms with Gasteiger partial charge in [-0.3, -0.25) is 4.79 Å². The highest BCUT2D eigenvalue weighted by molar-refractivity contribution is 9.09. The SMILES string of the molecule is O=C1CC(Br)CN1C1CCCC1O. The van der Waals surface area contributed by atoms with Gasteiger partial charge in [0.2, 0.25) is 5.91 Å². The summed E-state index contributed by atoms with van der Waals surface area (Å²) in [5, 5.41) is 9.64. The number of rotatable bonds is 1. The van der Waals surface area contributed by atoms with Gasteiger partial charge in [0.05, 0.1) is 12.1 Å². The lowest BCUT2D eigenvalue weighted by molar-refractivity contribution is -0.131. The van der Waals surface area contributed by atoms with E-state index in [-0.39, 0.29) is 22.9 Å². The van der Waals surface area contributed by atoms with Crippen molar-refractivity contribution in [3.05, 3.63) is 0 Å². The lowest BCUT2D eigenvalue weighted by Gasteiger charge is -2.26. The Morgan fingerprint density at radius 2 is 2.23 bits per heavy atom. The zero-order chi connectivity index (χ0) is 9.42. The second-order valence-electron chi connectivity index (χ2n) is 3.91. The minimum absolute atomic E-state index is 0.0926. The maximum Gasteiger partial charge on any atom is 0.224 e. The summed E-state index contributed by atoms with van der Waals surface area (Å²) in [6, 6.07) is 0.0926. The number of aliphatic hydroxyl groups is 1. The average molecular weight is 248 g/mol. The van der Waals surface area contributed by atoms with Crippen LogP contribution in [0.3, 0.4) is 0 Å². The Bertz CT molecular complexity index is 222. The third kappa shape index (κ3) is 1.74. The van der Waals surface area contributed by atoms with E-state index in [1.165, 1.54) is 0 Å². The van der Waals surface area contributed by atoms with Crippen molar-refractivity contribution in [1.29, 1.82) is 0 Å². The molecule has 2 fully saturated rings. The van der Waals surface area contributed by atoms with Crippen LogP contribution >= 0.6 is 15.9 Å². The molecule has 3 nitrogen and oxygen atoms in total. The van der Waals surface area contributed by atoms with Crippen LogP contribution in [0.2, 0.25) is 0 Å². The van der Waals surface area contributed by atoms with Gasteiger partial charge in [0, 0.05) is 17.8 Å². The summed E-state index contributed by atoms with van der Waals surface area (Å²) in [5.41, 5.74) is 0. The van der Waals surface area contributed by atoms with Gasteiger partial charge in [0.15, 0.2) is 0 Å². The van der Waals surface area contributed by atoms with Crippen molar-refractivity contribution in [2.24, 2.45) is 0 Å². The summed E-state index contributed by atoms with van der Waals surface area (Å²) in [6.45, 7) is 0.764. The van der Waals surface area contributed by atoms with Gasteiger partial charge in [-0.2, -0.15) is 0 Å². The number of amides is 1. The van der Waals surface area contributed by atoms with E-state index in [1.807, 2.05) is 4.90 Å². The molecule has 1 heterocycles. The summed E-state index contributed by atoms with van der Waals surface area (Å²) in [5.74, 6) is 0.188. The maximum atomic E-state index is 11.5. The minimum Gasteiger partial charge on any atom is -0.391 e. The minimum atomic E-state index is -0.290. The Morgan fingerprint density at radius 3 is 2.69 bits per heavy atom. The van der Waals surface area contributed by atoms with Crippen molar-refractivity contribution >= 4 is 21.8 Å². The zero-order valence-electron chi connectivity index (χ0n) is 7.45. The normalized spacial score (nSPS) is 40.3. The van der Waals surface area contributed by atoms with Gasteiger partial charge >= 0.3 is 0 Å². The Labute approximate surface area is 86.2 Å². The van der Waals surface area contributed by atoms with Crippen LogP contribution in [0, 0.1) is 0 Å². The number of likely N-dealkylation sites (tertiary alicyclic amines) is 1. The lowest BCUT2D eigenvalue weighted by atomic mass is 10.2. The molecule has 1 aliphatic heterocycles. The molecule has 0 radical (unpaired) electrons. The molecule has 74 valence electrons. The summed E-state index contributed by atoms with van der Waals surface area (Å²) < 4.78 is 0. The number of nitrogens with zero attached hydrogens (tertiary/aromatic N) is 1. The molecule has 1 saturated carbocycles. The maximum absolute atomic E-state index is 11.5. The van der Waals surface area contributed by atoms with Crippen LogP contribution in [0.25, 0.3) is 0 Å². The third-order valence-corrected chi connectivity index (χ3v) is 3.57. The third-order valence-electron chi connectivity index (χ3n) is 2.96. The van der Waals surface area contributed by atoms with E-state index in [0.717, 1.165) is 25.8 Å². The van der Waals surface area contributed by atoms with Crippen molar-refractivity contribution in [2.45, 2.75) is 42.7 Å². The van der Waals surface area contributed by atoms with Crippen molar-refractivity contribution < 1.29 is 9.90 Å². The number of hydrogen-bond donors (Lipinski definition) is 1. The van der Waals surface area contributed by atoms with Crippen molar-refractivity contribution in [3.63, 3.8) is 0 Å². The van der Waals surface area contributed by atoms with E-state index in [9.17, 15) is 9.90 Å². The number of aliphatic hydroxyl groups excluding tert-OH is 1. The Morgan fingerprint density at radius 1 is 1.46 bits per heavy atom. The van der Waals surface area contributed by atoms with Gasteiger partial charge < -0.3 is 10.0 Å². The quantitative estimate of drug-likeness (QED) is 0.700. The first kappa shape index (κ1) is 9.46. The number of hydrogen-bond acceptors (Lipinski definition) is 2. The Hall–Kier alpha value is -0.0900. The van der Waals surface area contributed by atoms with Gasteiger partial charge in [0.25, 0.3) is 0 Å². The topological polar surface area (TPSA) is 40.5 Å². The molecule has 0 aromatic rings. The number of alkyl halides is 1. The van der Waals surface area contributed by atoms with E-state index < -0.39 is 0 Å². The molecule has 4 heteroatoms. The van der Waals surface area contributed by atoms with Crippen LogP contribution in [-0.2, 0) is 4.79 Å². The lowest BCUT2D eigenvalue weighted by Crippen LogP contribution is -2.41. The summed E-state index contributed by atoms with van der Waals surface area (Å²) in [6.07, 6.45) is 3.15. The average Bonchev–Trinajstić information content (AvgIpc) is 2.58. The largest absolute Gasteiger partial charge is 0.391 e. The summed E-state index contributed by atoms with van der Waals surface area (Å²) in [4.78, 5) is 13.6. The molecule has 3 unspecified atom stereocenters. The first-order valence-corrected chi connectivity index (χ1v) is 5.71. The highest BCUT2D eigenvalue weighted by Gasteiger charge is 2.38. The molecule has 2 rings (SSSR count). The second kappa shape index (κ2) is 3.58. The fourth-order valence-corrected chi connectivity index (χ4v) is 2.88. The van der Waals surface area contributed by atoms with Crippen molar-refractivity contribution in [2.75, 3.05) is 6.54 Å². The first-order valence-electron chi connectivity index (χ1n) is 4.80. The van der Waals surface area contributed by atoms with Gasteiger partial charge in [-0.15, -0.1) is 0 Å². The molecule has 0 spiro atoms. The van der Waals surface area contributed by atoms with E-state index in [4.69, 9.17) is 0 Å². The van der Waals surface area contributed by atoms with Gasteiger partial charge in [-0.05, 0) is 19.3 Å². The molecule has 1 N–H and O–H groups in total. The first-order chi connectivity index (χ1) is 6.18. The summed E-state index contributed by atoms with van der Waals surface area (Å²) >= 11 is 3.44. The van der Waals surface area contributed by atoms with Crippen LogP contribution in [0.5, 0.6) is 0 Å². The van der Waals surface area contributed by atoms with Crippen molar-refractivity contribution in [3.8, 4) is 0 Å². The predicted molar refractivity (Wildman–Crippen MR) is 52.7 cm³/mol. The Kier molecular flexibility index (Phi) is 2.60. The highest BCUT2D eigenvalue weighted by Crippen LogP contribution is 2.29. The van der Waals surface area contributed by atoms with Gasteiger partial charge in [-0.25, -0.2) is 0 Å². The van der Waals surface area contributed by atoms with E-state index in [0.29, 0.717) is 6.42 Å². The van der Waals surface area contributed by atoms with Crippen LogP contribution < -0.4 is 0 Å². The second-order valence-corrected chi connectivity index (χ2v) is 5.21. The van der Waals surface area contributed by atoms with Gasteiger partial charge in [0.1, 0.15) is 0 Å². The van der Waals surface area contributed by atoms with Crippen molar-refractivity contribution in [1.82, 2.24) is 4.90 Å². The molecule has 1 saturated heterocycles. The molecular formula is C9H14BrNO2. The summed E-state index contributed by atoms with van der Waals surface area (Å²) in [7, 11) is 0. The monoisotopic (exact) mass is 247 g/mol. The number of carbonyl (C=O) groups is 1. The van der Waals surface area contributed by atoms with E-state index in [1.54, 1.807) is 0 Å².